The number of piperazine rings is 1. The fraction of sp³-hybridized carbons (Fsp3) is 0.833. The van der Waals surface area contributed by atoms with Crippen molar-refractivity contribution in [3.05, 3.63) is 0 Å². The van der Waals surface area contributed by atoms with Gasteiger partial charge in [0.1, 0.15) is 0 Å². The molecule has 1 saturated heterocycles. The number of urea groups is 1. The summed E-state index contributed by atoms with van der Waals surface area (Å²) < 4.78 is 5.14. The third-order valence-electron chi connectivity index (χ3n) is 2.91. The number of amides is 3. The van der Waals surface area contributed by atoms with Crippen LogP contribution in [0, 0.1) is 0 Å². The summed E-state index contributed by atoms with van der Waals surface area (Å²) in [6.45, 7) is 4.76. The fourth-order valence-electron chi connectivity index (χ4n) is 1.76. The lowest BCUT2D eigenvalue weighted by atomic mass is 10.3. The molecule has 0 aliphatic carbocycles. The normalized spacial score (nSPS) is 15.5. The fourth-order valence-corrected chi connectivity index (χ4v) is 1.76. The Balaban J connectivity index is 2.30. The molecule has 0 spiro atoms. The standard InChI is InChI=1S/C12H23N3O3/c1-4-5-10-18-12(17)15-8-6-14(7-9-15)11(16)13(2)3/h4-10H2,1-3H3. The Morgan fingerprint density at radius 2 is 1.67 bits per heavy atom. The summed E-state index contributed by atoms with van der Waals surface area (Å²) in [7, 11) is 3.46. The summed E-state index contributed by atoms with van der Waals surface area (Å²) >= 11 is 0. The van der Waals surface area contributed by atoms with Gasteiger partial charge in [-0.2, -0.15) is 0 Å². The van der Waals surface area contributed by atoms with E-state index in [1.807, 2.05) is 0 Å². The monoisotopic (exact) mass is 257 g/mol. The number of rotatable bonds is 3. The Morgan fingerprint density at radius 1 is 1.11 bits per heavy atom. The molecule has 0 unspecified atom stereocenters. The average Bonchev–Trinajstić information content (AvgIpc) is 2.38. The van der Waals surface area contributed by atoms with Gasteiger partial charge in [-0.25, -0.2) is 9.59 Å². The Morgan fingerprint density at radius 3 is 2.17 bits per heavy atom. The van der Waals surface area contributed by atoms with E-state index >= 15 is 0 Å². The molecule has 0 bridgehead atoms. The van der Waals surface area contributed by atoms with Crippen LogP contribution in [0.1, 0.15) is 19.8 Å². The molecule has 3 amide bonds. The van der Waals surface area contributed by atoms with E-state index in [1.165, 1.54) is 0 Å². The second-order valence-corrected chi connectivity index (χ2v) is 4.62. The molecule has 0 N–H and O–H groups in total. The Kier molecular flexibility index (Phi) is 5.74. The van der Waals surface area contributed by atoms with Gasteiger partial charge in [0.05, 0.1) is 6.61 Å². The predicted octanol–water partition coefficient (Wildman–Crippen LogP) is 1.22. The van der Waals surface area contributed by atoms with Crippen molar-refractivity contribution in [1.82, 2.24) is 14.7 Å². The number of hydrogen-bond donors (Lipinski definition) is 0. The lowest BCUT2D eigenvalue weighted by Crippen LogP contribution is -2.53. The van der Waals surface area contributed by atoms with Gasteiger partial charge in [0, 0.05) is 40.3 Å². The first-order chi connectivity index (χ1) is 8.56. The van der Waals surface area contributed by atoms with E-state index in [0.717, 1.165) is 12.8 Å². The van der Waals surface area contributed by atoms with Crippen molar-refractivity contribution in [3.63, 3.8) is 0 Å². The van der Waals surface area contributed by atoms with Crippen molar-refractivity contribution < 1.29 is 14.3 Å². The van der Waals surface area contributed by atoms with Crippen molar-refractivity contribution in [2.24, 2.45) is 0 Å². The molecule has 104 valence electrons. The molecular weight excluding hydrogens is 234 g/mol. The molecule has 0 aromatic heterocycles. The Labute approximate surface area is 108 Å². The molecule has 0 saturated carbocycles. The quantitative estimate of drug-likeness (QED) is 0.714. The zero-order chi connectivity index (χ0) is 13.5. The second-order valence-electron chi connectivity index (χ2n) is 4.62. The number of unbranched alkanes of at least 4 members (excludes halogenated alkanes) is 1. The van der Waals surface area contributed by atoms with Gasteiger partial charge in [0.25, 0.3) is 0 Å². The maximum Gasteiger partial charge on any atom is 0.409 e. The smallest absolute Gasteiger partial charge is 0.409 e. The minimum Gasteiger partial charge on any atom is -0.449 e. The summed E-state index contributed by atoms with van der Waals surface area (Å²) in [5, 5.41) is 0. The summed E-state index contributed by atoms with van der Waals surface area (Å²) in [5.74, 6) is 0. The molecule has 1 aliphatic rings. The summed E-state index contributed by atoms with van der Waals surface area (Å²) in [6.07, 6.45) is 1.64. The number of carbonyl (C=O) groups excluding carboxylic acids is 2. The van der Waals surface area contributed by atoms with E-state index in [4.69, 9.17) is 4.74 Å². The Hall–Kier alpha value is -1.46. The predicted molar refractivity (Wildman–Crippen MR) is 68.5 cm³/mol. The van der Waals surface area contributed by atoms with Gasteiger partial charge < -0.3 is 19.4 Å². The molecule has 6 nitrogen and oxygen atoms in total. The van der Waals surface area contributed by atoms with Crippen molar-refractivity contribution in [2.75, 3.05) is 46.9 Å². The van der Waals surface area contributed by atoms with Crippen LogP contribution in [0.2, 0.25) is 0 Å². The van der Waals surface area contributed by atoms with Crippen molar-refractivity contribution in [2.45, 2.75) is 19.8 Å². The minimum atomic E-state index is -0.264. The highest BCUT2D eigenvalue weighted by Crippen LogP contribution is 2.06. The maximum atomic E-state index is 11.7. The highest BCUT2D eigenvalue weighted by Gasteiger charge is 2.25. The second kappa shape index (κ2) is 7.08. The molecule has 1 aliphatic heterocycles. The SMILES string of the molecule is CCCCOC(=O)N1CCN(C(=O)N(C)C)CC1. The molecule has 0 radical (unpaired) electrons. The van der Waals surface area contributed by atoms with E-state index < -0.39 is 0 Å². The molecule has 1 rings (SSSR count). The van der Waals surface area contributed by atoms with E-state index in [0.29, 0.717) is 32.8 Å². The van der Waals surface area contributed by atoms with Crippen LogP contribution in [0.3, 0.4) is 0 Å². The molecule has 6 heteroatoms. The molecular formula is C12H23N3O3. The van der Waals surface area contributed by atoms with E-state index in [2.05, 4.69) is 6.92 Å². The number of nitrogens with zero attached hydrogens (tertiary/aromatic N) is 3. The summed E-state index contributed by atoms with van der Waals surface area (Å²) in [6, 6.07) is -0.00556. The molecule has 18 heavy (non-hydrogen) atoms. The van der Waals surface area contributed by atoms with Crippen LogP contribution in [0.15, 0.2) is 0 Å². The maximum absolute atomic E-state index is 11.7. The van der Waals surface area contributed by atoms with Crippen molar-refractivity contribution in [3.8, 4) is 0 Å². The van der Waals surface area contributed by atoms with Gasteiger partial charge in [-0.15, -0.1) is 0 Å². The highest BCUT2D eigenvalue weighted by atomic mass is 16.6. The van der Waals surface area contributed by atoms with Gasteiger partial charge in [0.15, 0.2) is 0 Å². The van der Waals surface area contributed by atoms with Gasteiger partial charge in [0.2, 0.25) is 0 Å². The lowest BCUT2D eigenvalue weighted by molar-refractivity contribution is 0.0774. The first-order valence-electron chi connectivity index (χ1n) is 6.44. The van der Waals surface area contributed by atoms with Gasteiger partial charge in [-0.3, -0.25) is 0 Å². The van der Waals surface area contributed by atoms with Crippen LogP contribution >= 0.6 is 0 Å². The molecule has 0 aromatic carbocycles. The number of carbonyl (C=O) groups is 2. The summed E-state index contributed by atoms with van der Waals surface area (Å²) in [5.41, 5.74) is 0. The third kappa shape index (κ3) is 4.09. The lowest BCUT2D eigenvalue weighted by Gasteiger charge is -2.35. The highest BCUT2D eigenvalue weighted by molar-refractivity contribution is 5.74. The first-order valence-corrected chi connectivity index (χ1v) is 6.44. The average molecular weight is 257 g/mol. The first kappa shape index (κ1) is 14.6. The topological polar surface area (TPSA) is 53.1 Å². The van der Waals surface area contributed by atoms with Crippen LogP contribution in [0.25, 0.3) is 0 Å². The largest absolute Gasteiger partial charge is 0.449 e. The molecule has 0 atom stereocenters. The van der Waals surface area contributed by atoms with Crippen LogP contribution in [0.4, 0.5) is 9.59 Å². The third-order valence-corrected chi connectivity index (χ3v) is 2.91. The molecule has 0 aromatic rings. The van der Waals surface area contributed by atoms with Crippen LogP contribution in [0.5, 0.6) is 0 Å². The minimum absolute atomic E-state index is 0.00556. The van der Waals surface area contributed by atoms with Crippen LogP contribution in [-0.2, 0) is 4.74 Å². The molecule has 1 heterocycles. The van der Waals surface area contributed by atoms with Crippen LogP contribution < -0.4 is 0 Å². The zero-order valence-corrected chi connectivity index (χ0v) is 11.5. The van der Waals surface area contributed by atoms with Gasteiger partial charge in [-0.05, 0) is 6.42 Å². The van der Waals surface area contributed by atoms with Gasteiger partial charge in [-0.1, -0.05) is 13.3 Å². The summed E-state index contributed by atoms with van der Waals surface area (Å²) in [4.78, 5) is 28.3. The van der Waals surface area contributed by atoms with Crippen molar-refractivity contribution in [1.29, 1.82) is 0 Å². The van der Waals surface area contributed by atoms with Crippen LogP contribution in [-0.4, -0.2) is 73.7 Å². The number of ether oxygens (including phenoxy) is 1. The van der Waals surface area contributed by atoms with E-state index in [-0.39, 0.29) is 12.1 Å². The molecule has 1 fully saturated rings. The van der Waals surface area contributed by atoms with Gasteiger partial charge >= 0.3 is 12.1 Å². The van der Waals surface area contributed by atoms with Crippen molar-refractivity contribution >= 4 is 12.1 Å². The number of hydrogen-bond acceptors (Lipinski definition) is 3. The Bertz CT molecular complexity index is 286. The van der Waals surface area contributed by atoms with E-state index in [1.54, 1.807) is 28.8 Å². The zero-order valence-electron chi connectivity index (χ0n) is 11.5. The van der Waals surface area contributed by atoms with E-state index in [9.17, 15) is 9.59 Å².